The molecule has 0 unspecified atom stereocenters. The second-order valence-electron chi connectivity index (χ2n) is 5.63. The predicted molar refractivity (Wildman–Crippen MR) is 97.8 cm³/mol. The predicted octanol–water partition coefficient (Wildman–Crippen LogP) is 3.54. The molecule has 0 bridgehead atoms. The van der Waals surface area contributed by atoms with Crippen LogP contribution >= 0.6 is 11.6 Å². The zero-order chi connectivity index (χ0) is 18.7. The van der Waals surface area contributed by atoms with Crippen molar-refractivity contribution < 1.29 is 19.4 Å². The number of urea groups is 1. The Hall–Kier alpha value is -2.99. The summed E-state index contributed by atoms with van der Waals surface area (Å²) in [5, 5.41) is 13.4. The lowest BCUT2D eigenvalue weighted by Crippen LogP contribution is -2.30. The Morgan fingerprint density at radius 2 is 1.92 bits per heavy atom. The molecule has 2 aromatic carbocycles. The number of carbonyl (C=O) groups excluding carboxylic acids is 2. The van der Waals surface area contributed by atoms with Crippen molar-refractivity contribution in [1.82, 2.24) is 10.2 Å². The first-order valence-corrected chi connectivity index (χ1v) is 8.41. The lowest BCUT2D eigenvalue weighted by Gasteiger charge is -2.11. The van der Waals surface area contributed by atoms with Gasteiger partial charge in [-0.25, -0.2) is 4.79 Å². The molecule has 0 atom stereocenters. The van der Waals surface area contributed by atoms with Crippen LogP contribution < -0.4 is 10.1 Å². The molecule has 3 amide bonds. The normalized spacial score (nSPS) is 15.5. The number of ether oxygens (including phenoxy) is 1. The summed E-state index contributed by atoms with van der Waals surface area (Å²) in [7, 11) is 0. The molecule has 1 saturated heterocycles. The lowest BCUT2D eigenvalue weighted by molar-refractivity contribution is -0.123. The second kappa shape index (κ2) is 7.49. The van der Waals surface area contributed by atoms with Crippen LogP contribution in [0, 0.1) is 0 Å². The lowest BCUT2D eigenvalue weighted by atomic mass is 10.1. The number of para-hydroxylation sites is 1. The van der Waals surface area contributed by atoms with E-state index in [1.807, 2.05) is 0 Å². The van der Waals surface area contributed by atoms with Crippen LogP contribution in [-0.2, 0) is 11.3 Å². The second-order valence-corrected chi connectivity index (χ2v) is 6.07. The molecule has 2 aromatic rings. The molecular formula is C19H17ClN2O4. The van der Waals surface area contributed by atoms with E-state index in [2.05, 4.69) is 5.32 Å². The number of nitrogens with zero attached hydrogens (tertiary/aromatic N) is 1. The fourth-order valence-electron chi connectivity index (χ4n) is 2.57. The van der Waals surface area contributed by atoms with Crippen molar-refractivity contribution in [3.05, 3.63) is 64.3 Å². The maximum absolute atomic E-state index is 12.5. The molecular weight excluding hydrogens is 356 g/mol. The van der Waals surface area contributed by atoms with Gasteiger partial charge in [0.1, 0.15) is 5.70 Å². The van der Waals surface area contributed by atoms with E-state index < -0.39 is 11.9 Å². The highest BCUT2D eigenvalue weighted by Gasteiger charge is 2.33. The standard InChI is InChI=1S/C19H17ClN2O4/c1-2-26-16-5-3-4-13(17(16)23)10-15-18(24)22(19(25)21-15)11-12-6-8-14(20)9-7-12/h3-10,23H,2,11H2,1H3,(H,21,25)/b15-10-. The third-order valence-corrected chi connectivity index (χ3v) is 4.10. The SMILES string of the molecule is CCOc1cccc(/C=C2\NC(=O)N(Cc3ccc(Cl)cc3)C2=O)c1O. The van der Waals surface area contributed by atoms with Crippen molar-refractivity contribution in [2.75, 3.05) is 6.61 Å². The highest BCUT2D eigenvalue weighted by molar-refractivity contribution is 6.30. The molecule has 0 aromatic heterocycles. The van der Waals surface area contributed by atoms with Gasteiger partial charge in [-0.3, -0.25) is 9.69 Å². The summed E-state index contributed by atoms with van der Waals surface area (Å²) in [6.45, 7) is 2.34. The van der Waals surface area contributed by atoms with Crippen molar-refractivity contribution in [2.24, 2.45) is 0 Å². The average molecular weight is 373 g/mol. The number of carbonyl (C=O) groups is 2. The molecule has 26 heavy (non-hydrogen) atoms. The number of aromatic hydroxyl groups is 1. The van der Waals surface area contributed by atoms with Crippen LogP contribution in [0.25, 0.3) is 6.08 Å². The van der Waals surface area contributed by atoms with Gasteiger partial charge in [0.2, 0.25) is 0 Å². The van der Waals surface area contributed by atoms with Gasteiger partial charge in [-0.2, -0.15) is 0 Å². The fraction of sp³-hybridized carbons (Fsp3) is 0.158. The summed E-state index contributed by atoms with van der Waals surface area (Å²) in [5.74, 6) is -0.233. The summed E-state index contributed by atoms with van der Waals surface area (Å²) in [5.41, 5.74) is 1.25. The van der Waals surface area contributed by atoms with Crippen LogP contribution in [0.5, 0.6) is 11.5 Å². The summed E-state index contributed by atoms with van der Waals surface area (Å²) < 4.78 is 5.33. The number of halogens is 1. The minimum Gasteiger partial charge on any atom is -0.504 e. The number of hydrogen-bond donors (Lipinski definition) is 2. The molecule has 7 heteroatoms. The zero-order valence-electron chi connectivity index (χ0n) is 14.0. The monoisotopic (exact) mass is 372 g/mol. The summed E-state index contributed by atoms with van der Waals surface area (Å²) in [4.78, 5) is 25.8. The first-order valence-electron chi connectivity index (χ1n) is 8.03. The number of nitrogens with one attached hydrogen (secondary N) is 1. The van der Waals surface area contributed by atoms with Gasteiger partial charge in [0.15, 0.2) is 11.5 Å². The van der Waals surface area contributed by atoms with Crippen molar-refractivity contribution in [3.8, 4) is 11.5 Å². The highest BCUT2D eigenvalue weighted by Crippen LogP contribution is 2.31. The van der Waals surface area contributed by atoms with Gasteiger partial charge < -0.3 is 15.2 Å². The molecule has 3 rings (SSSR count). The van der Waals surface area contributed by atoms with Crippen LogP contribution in [0.15, 0.2) is 48.2 Å². The first kappa shape index (κ1) is 17.8. The number of imide groups is 1. The van der Waals surface area contributed by atoms with E-state index in [0.717, 1.165) is 10.5 Å². The molecule has 1 aliphatic rings. The summed E-state index contributed by atoms with van der Waals surface area (Å²) >= 11 is 5.85. The number of amides is 3. The Balaban J connectivity index is 1.83. The highest BCUT2D eigenvalue weighted by atomic mass is 35.5. The Morgan fingerprint density at radius 3 is 2.62 bits per heavy atom. The summed E-state index contributed by atoms with van der Waals surface area (Å²) in [6.07, 6.45) is 1.43. The van der Waals surface area contributed by atoms with E-state index >= 15 is 0 Å². The maximum atomic E-state index is 12.5. The van der Waals surface area contributed by atoms with E-state index in [1.54, 1.807) is 49.4 Å². The first-order chi connectivity index (χ1) is 12.5. The average Bonchev–Trinajstić information content (AvgIpc) is 2.88. The van der Waals surface area contributed by atoms with Crippen molar-refractivity contribution in [2.45, 2.75) is 13.5 Å². The number of rotatable bonds is 5. The van der Waals surface area contributed by atoms with Gasteiger partial charge >= 0.3 is 6.03 Å². The number of phenols is 1. The van der Waals surface area contributed by atoms with Gasteiger partial charge in [0, 0.05) is 10.6 Å². The van der Waals surface area contributed by atoms with Gasteiger partial charge in [0.25, 0.3) is 5.91 Å². The van der Waals surface area contributed by atoms with Crippen LogP contribution in [0.2, 0.25) is 5.02 Å². The number of benzene rings is 2. The van der Waals surface area contributed by atoms with Crippen molar-refractivity contribution in [3.63, 3.8) is 0 Å². The Bertz CT molecular complexity index is 878. The molecule has 0 saturated carbocycles. The van der Waals surface area contributed by atoms with Crippen molar-refractivity contribution in [1.29, 1.82) is 0 Å². The smallest absolute Gasteiger partial charge is 0.329 e. The zero-order valence-corrected chi connectivity index (χ0v) is 14.8. The Morgan fingerprint density at radius 1 is 1.19 bits per heavy atom. The largest absolute Gasteiger partial charge is 0.504 e. The molecule has 1 heterocycles. The minimum atomic E-state index is -0.517. The number of phenolic OH excluding ortho intramolecular Hbond substituents is 1. The molecule has 6 nitrogen and oxygen atoms in total. The molecule has 1 aliphatic heterocycles. The third-order valence-electron chi connectivity index (χ3n) is 3.85. The Labute approximate surface area is 155 Å². The topological polar surface area (TPSA) is 78.9 Å². The minimum absolute atomic E-state index is 0.0833. The van der Waals surface area contributed by atoms with E-state index in [-0.39, 0.29) is 18.0 Å². The van der Waals surface area contributed by atoms with Crippen LogP contribution in [0.4, 0.5) is 4.79 Å². The molecule has 0 aliphatic carbocycles. The van der Waals surface area contributed by atoms with E-state index in [0.29, 0.717) is 22.9 Å². The summed E-state index contributed by atoms with van der Waals surface area (Å²) in [6, 6.07) is 11.3. The van der Waals surface area contributed by atoms with Crippen LogP contribution in [0.3, 0.4) is 0 Å². The number of hydrogen-bond acceptors (Lipinski definition) is 4. The molecule has 134 valence electrons. The van der Waals surface area contributed by atoms with E-state index in [1.165, 1.54) is 6.08 Å². The third kappa shape index (κ3) is 3.65. The molecule has 2 N–H and O–H groups in total. The maximum Gasteiger partial charge on any atom is 0.329 e. The van der Waals surface area contributed by atoms with Gasteiger partial charge in [-0.15, -0.1) is 0 Å². The van der Waals surface area contributed by atoms with Crippen LogP contribution in [0.1, 0.15) is 18.1 Å². The van der Waals surface area contributed by atoms with Crippen LogP contribution in [-0.4, -0.2) is 28.6 Å². The van der Waals surface area contributed by atoms with Gasteiger partial charge in [-0.1, -0.05) is 35.9 Å². The van der Waals surface area contributed by atoms with Crippen molar-refractivity contribution >= 4 is 29.6 Å². The quantitative estimate of drug-likeness (QED) is 0.621. The van der Waals surface area contributed by atoms with E-state index in [9.17, 15) is 14.7 Å². The van der Waals surface area contributed by atoms with Gasteiger partial charge in [-0.05, 0) is 36.8 Å². The molecule has 1 fully saturated rings. The fourth-order valence-corrected chi connectivity index (χ4v) is 2.70. The Kier molecular flexibility index (Phi) is 5.14. The van der Waals surface area contributed by atoms with Gasteiger partial charge in [0.05, 0.1) is 13.2 Å². The van der Waals surface area contributed by atoms with E-state index in [4.69, 9.17) is 16.3 Å². The molecule has 0 spiro atoms. The molecule has 0 radical (unpaired) electrons.